The van der Waals surface area contributed by atoms with Crippen molar-refractivity contribution >= 4 is 11.9 Å². The first kappa shape index (κ1) is 20.3. The lowest BCUT2D eigenvalue weighted by Crippen LogP contribution is -2.44. The summed E-state index contributed by atoms with van der Waals surface area (Å²) in [6.45, 7) is 5.68. The van der Waals surface area contributed by atoms with Crippen LogP contribution in [0.1, 0.15) is 42.8 Å². The number of nitrogens with one attached hydrogen (secondary N) is 1. The monoisotopic (exact) mass is 387 g/mol. The first-order chi connectivity index (χ1) is 13.8. The van der Waals surface area contributed by atoms with Crippen LogP contribution in [0.4, 0.5) is 0 Å². The highest BCUT2D eigenvalue weighted by Crippen LogP contribution is 2.31. The van der Waals surface area contributed by atoms with Gasteiger partial charge in [-0.25, -0.2) is 4.79 Å². The van der Waals surface area contributed by atoms with Crippen LogP contribution in [-0.2, 0) is 9.53 Å². The van der Waals surface area contributed by atoms with E-state index in [2.05, 4.69) is 5.32 Å². The second kappa shape index (κ2) is 8.74. The number of hydrogen-bond acceptors (Lipinski definition) is 3. The van der Waals surface area contributed by atoms with Crippen molar-refractivity contribution in [3.63, 3.8) is 0 Å². The molecule has 0 fully saturated rings. The highest BCUT2D eigenvalue weighted by molar-refractivity contribution is 5.93. The summed E-state index contributed by atoms with van der Waals surface area (Å²) < 4.78 is 5.74. The molecule has 0 saturated carbocycles. The molecule has 0 radical (unpaired) electrons. The van der Waals surface area contributed by atoms with Crippen molar-refractivity contribution < 1.29 is 14.3 Å². The first-order valence-corrected chi connectivity index (χ1v) is 9.57. The molecule has 1 atom stereocenters. The second-order valence-corrected chi connectivity index (χ2v) is 7.84. The minimum Gasteiger partial charge on any atom is -0.444 e. The molecule has 3 aromatic carbocycles. The summed E-state index contributed by atoms with van der Waals surface area (Å²) in [5.41, 5.74) is 2.38. The average Bonchev–Trinajstić information content (AvgIpc) is 2.72. The largest absolute Gasteiger partial charge is 0.444 e. The van der Waals surface area contributed by atoms with Gasteiger partial charge in [-0.3, -0.25) is 4.79 Å². The van der Waals surface area contributed by atoms with E-state index in [1.54, 1.807) is 24.3 Å². The van der Waals surface area contributed by atoms with Crippen LogP contribution in [0.15, 0.2) is 84.9 Å². The molecular formula is C25H25NO3. The molecule has 4 heteroatoms. The number of benzene rings is 3. The van der Waals surface area contributed by atoms with Crippen molar-refractivity contribution in [2.75, 3.05) is 0 Å². The second-order valence-electron chi connectivity index (χ2n) is 7.84. The van der Waals surface area contributed by atoms with E-state index in [1.165, 1.54) is 0 Å². The van der Waals surface area contributed by atoms with Gasteiger partial charge in [0.2, 0.25) is 6.10 Å². The van der Waals surface area contributed by atoms with Crippen LogP contribution >= 0.6 is 0 Å². The normalized spacial score (nSPS) is 12.1. The number of rotatable bonds is 5. The Bertz CT molecular complexity index is 976. The van der Waals surface area contributed by atoms with Crippen molar-refractivity contribution in [3.05, 3.63) is 96.1 Å². The predicted molar refractivity (Wildman–Crippen MR) is 114 cm³/mol. The lowest BCUT2D eigenvalue weighted by molar-refractivity contribution is -0.131. The van der Waals surface area contributed by atoms with Crippen molar-refractivity contribution in [2.24, 2.45) is 0 Å². The van der Waals surface area contributed by atoms with E-state index in [-0.39, 0.29) is 5.91 Å². The van der Waals surface area contributed by atoms with E-state index >= 15 is 0 Å². The summed E-state index contributed by atoms with van der Waals surface area (Å²) in [6.07, 6.45) is -1.07. The Morgan fingerprint density at radius 2 is 1.34 bits per heavy atom. The van der Waals surface area contributed by atoms with Crippen LogP contribution in [0.2, 0.25) is 0 Å². The Labute approximate surface area is 171 Å². The molecule has 0 heterocycles. The quantitative estimate of drug-likeness (QED) is 0.615. The minimum absolute atomic E-state index is 0.356. The summed E-state index contributed by atoms with van der Waals surface area (Å²) in [5.74, 6) is -0.896. The molecule has 0 aliphatic heterocycles. The van der Waals surface area contributed by atoms with Crippen molar-refractivity contribution in [3.8, 4) is 11.1 Å². The van der Waals surface area contributed by atoms with Gasteiger partial charge in [-0.15, -0.1) is 0 Å². The number of hydrogen-bond donors (Lipinski definition) is 1. The van der Waals surface area contributed by atoms with E-state index < -0.39 is 17.6 Å². The molecule has 1 amide bonds. The summed E-state index contributed by atoms with van der Waals surface area (Å²) in [4.78, 5) is 25.9. The van der Waals surface area contributed by atoms with E-state index in [9.17, 15) is 9.59 Å². The summed E-state index contributed by atoms with van der Waals surface area (Å²) in [7, 11) is 0. The van der Waals surface area contributed by atoms with Gasteiger partial charge < -0.3 is 10.1 Å². The van der Waals surface area contributed by atoms with Gasteiger partial charge in [0, 0.05) is 11.1 Å². The zero-order chi connectivity index (χ0) is 20.9. The zero-order valence-electron chi connectivity index (χ0n) is 16.9. The molecule has 1 N–H and O–H groups in total. The maximum Gasteiger partial charge on any atom is 0.339 e. The van der Waals surface area contributed by atoms with E-state index in [0.29, 0.717) is 11.1 Å². The molecule has 29 heavy (non-hydrogen) atoms. The standard InChI is InChI=1S/C25H25NO3/c1-25(2,3)26-23(27)22(29-24(28)19-14-8-5-9-15-19)21-17-11-10-16-20(21)18-12-6-4-7-13-18/h4-17,22H,1-3H3,(H,26,27). The van der Waals surface area contributed by atoms with Gasteiger partial charge in [-0.05, 0) is 44.0 Å². The molecule has 4 nitrogen and oxygen atoms in total. The maximum absolute atomic E-state index is 13.1. The number of carbonyl (C=O) groups excluding carboxylic acids is 2. The summed E-state index contributed by atoms with van der Waals surface area (Å²) >= 11 is 0. The Morgan fingerprint density at radius 3 is 1.97 bits per heavy atom. The first-order valence-electron chi connectivity index (χ1n) is 9.57. The SMILES string of the molecule is CC(C)(C)NC(=O)C(OC(=O)c1ccccc1)c1ccccc1-c1ccccc1. The molecule has 0 spiro atoms. The van der Waals surface area contributed by atoms with E-state index in [4.69, 9.17) is 4.74 Å². The van der Waals surface area contributed by atoms with Crippen molar-refractivity contribution in [1.29, 1.82) is 0 Å². The summed E-state index contributed by atoms with van der Waals surface area (Å²) in [5, 5.41) is 2.94. The molecule has 3 aromatic rings. The molecule has 1 unspecified atom stereocenters. The molecule has 148 valence electrons. The molecular weight excluding hydrogens is 362 g/mol. The summed E-state index contributed by atoms with van der Waals surface area (Å²) in [6, 6.07) is 25.9. The number of amides is 1. The van der Waals surface area contributed by atoms with Gasteiger partial charge in [0.15, 0.2) is 0 Å². The minimum atomic E-state index is -1.07. The highest BCUT2D eigenvalue weighted by atomic mass is 16.5. The number of esters is 1. The van der Waals surface area contributed by atoms with Gasteiger partial charge in [-0.1, -0.05) is 72.8 Å². The van der Waals surface area contributed by atoms with Crippen LogP contribution in [0.25, 0.3) is 11.1 Å². The Balaban J connectivity index is 2.02. The number of ether oxygens (including phenoxy) is 1. The fraction of sp³-hybridized carbons (Fsp3) is 0.200. The Morgan fingerprint density at radius 1 is 0.793 bits per heavy atom. The van der Waals surface area contributed by atoms with Gasteiger partial charge in [-0.2, -0.15) is 0 Å². The van der Waals surface area contributed by atoms with Crippen LogP contribution < -0.4 is 5.32 Å². The molecule has 0 bridgehead atoms. The highest BCUT2D eigenvalue weighted by Gasteiger charge is 2.30. The topological polar surface area (TPSA) is 55.4 Å². The van der Waals surface area contributed by atoms with Crippen LogP contribution in [0, 0.1) is 0 Å². The smallest absolute Gasteiger partial charge is 0.339 e. The van der Waals surface area contributed by atoms with Gasteiger partial charge in [0.25, 0.3) is 5.91 Å². The molecule has 0 aliphatic rings. The average molecular weight is 387 g/mol. The fourth-order valence-corrected chi connectivity index (χ4v) is 3.05. The van der Waals surface area contributed by atoms with Gasteiger partial charge >= 0.3 is 5.97 Å². The van der Waals surface area contributed by atoms with Crippen LogP contribution in [0.3, 0.4) is 0 Å². The Hall–Kier alpha value is -3.40. The Kier molecular flexibility index (Phi) is 6.13. The van der Waals surface area contributed by atoms with Crippen molar-refractivity contribution in [2.45, 2.75) is 32.4 Å². The molecule has 3 rings (SSSR count). The van der Waals surface area contributed by atoms with E-state index in [0.717, 1.165) is 11.1 Å². The molecule has 0 saturated heterocycles. The zero-order valence-corrected chi connectivity index (χ0v) is 16.9. The third-order valence-electron chi connectivity index (χ3n) is 4.30. The molecule has 0 aromatic heterocycles. The fourth-order valence-electron chi connectivity index (χ4n) is 3.05. The number of carbonyl (C=O) groups is 2. The predicted octanol–water partition coefficient (Wildman–Crippen LogP) is 5.17. The van der Waals surface area contributed by atoms with Crippen LogP contribution in [-0.4, -0.2) is 17.4 Å². The van der Waals surface area contributed by atoms with Crippen LogP contribution in [0.5, 0.6) is 0 Å². The molecule has 0 aliphatic carbocycles. The lowest BCUT2D eigenvalue weighted by atomic mass is 9.95. The van der Waals surface area contributed by atoms with Gasteiger partial charge in [0.1, 0.15) is 0 Å². The third-order valence-corrected chi connectivity index (χ3v) is 4.30. The van der Waals surface area contributed by atoms with E-state index in [1.807, 2.05) is 81.4 Å². The van der Waals surface area contributed by atoms with Gasteiger partial charge in [0.05, 0.1) is 5.56 Å². The third kappa shape index (κ3) is 5.32. The maximum atomic E-state index is 13.1. The van der Waals surface area contributed by atoms with Crippen molar-refractivity contribution in [1.82, 2.24) is 5.32 Å². The lowest BCUT2D eigenvalue weighted by Gasteiger charge is -2.26.